The first-order valence-corrected chi connectivity index (χ1v) is 14.0. The van der Waals surface area contributed by atoms with E-state index in [9.17, 15) is 9.59 Å². The molecule has 0 spiro atoms. The van der Waals surface area contributed by atoms with E-state index in [0.717, 1.165) is 17.1 Å². The van der Waals surface area contributed by atoms with Crippen LogP contribution in [0.5, 0.6) is 0 Å². The average Bonchev–Trinajstić information content (AvgIpc) is 3.17. The van der Waals surface area contributed by atoms with Crippen LogP contribution in [0.25, 0.3) is 0 Å². The third-order valence-corrected chi connectivity index (χ3v) is 9.44. The largest absolute Gasteiger partial charge is 0.377 e. The molecule has 0 aromatic heterocycles. The molecule has 2 N–H and O–H groups in total. The second-order valence-corrected chi connectivity index (χ2v) is 11.7. The van der Waals surface area contributed by atoms with Crippen molar-refractivity contribution in [1.29, 1.82) is 0 Å². The molecule has 4 aromatic carbocycles. The van der Waals surface area contributed by atoms with E-state index in [1.807, 2.05) is 80.6 Å². The van der Waals surface area contributed by atoms with E-state index < -0.39 is 24.9 Å². The predicted octanol–water partition coefficient (Wildman–Crippen LogP) is 6.26. The van der Waals surface area contributed by atoms with E-state index in [1.54, 1.807) is 0 Å². The lowest BCUT2D eigenvalue weighted by Gasteiger charge is -2.38. The molecule has 1 aliphatic heterocycles. The summed E-state index contributed by atoms with van der Waals surface area (Å²) in [5, 5.41) is 6.29. The summed E-state index contributed by atoms with van der Waals surface area (Å²) < 4.78 is 11.7. The lowest BCUT2D eigenvalue weighted by atomic mass is 10.1. The fourth-order valence-electron chi connectivity index (χ4n) is 4.64. The minimum Gasteiger partial charge on any atom is -0.377 e. The van der Waals surface area contributed by atoms with Gasteiger partial charge in [-0.1, -0.05) is 54.6 Å². The number of nitrogens with zero attached hydrogens (tertiary/aromatic N) is 2. The van der Waals surface area contributed by atoms with Gasteiger partial charge < -0.3 is 24.5 Å². The first kappa shape index (κ1) is 26.0. The van der Waals surface area contributed by atoms with Crippen molar-refractivity contribution in [3.8, 4) is 0 Å². The minimum atomic E-state index is -1.24. The summed E-state index contributed by atoms with van der Waals surface area (Å²) in [5.41, 5.74) is 1.90. The Labute approximate surface area is 224 Å². The van der Waals surface area contributed by atoms with Crippen LogP contribution in [0.1, 0.15) is 27.7 Å². The Morgan fingerprint density at radius 2 is 1.18 bits per heavy atom. The van der Waals surface area contributed by atoms with Gasteiger partial charge in [0.1, 0.15) is 11.4 Å². The number of nitrogens with one attached hydrogen (secondary N) is 2. The zero-order chi connectivity index (χ0) is 26.9. The Balaban J connectivity index is 1.39. The lowest BCUT2D eigenvalue weighted by Crippen LogP contribution is -2.41. The van der Waals surface area contributed by atoms with Crippen LogP contribution >= 0.6 is 8.45 Å². The van der Waals surface area contributed by atoms with Crippen molar-refractivity contribution in [1.82, 2.24) is 0 Å². The second kappa shape index (κ2) is 10.6. The Morgan fingerprint density at radius 1 is 0.737 bits per heavy atom. The Bertz CT molecular complexity index is 1390. The fraction of sp³-hybridized carbons (Fsp3) is 0.267. The van der Waals surface area contributed by atoms with Crippen molar-refractivity contribution in [2.24, 2.45) is 0 Å². The topological polar surface area (TPSA) is 73.9 Å². The van der Waals surface area contributed by atoms with Gasteiger partial charge in [-0.15, -0.1) is 0 Å². The van der Waals surface area contributed by atoms with E-state index >= 15 is 0 Å². The van der Waals surface area contributed by atoms with Crippen LogP contribution in [0.3, 0.4) is 0 Å². The molecule has 7 nitrogen and oxygen atoms in total. The third-order valence-electron chi connectivity index (χ3n) is 6.85. The monoisotopic (exact) mass is 528 g/mol. The third kappa shape index (κ3) is 5.04. The number of anilines is 5. The Morgan fingerprint density at radius 3 is 1.68 bits per heavy atom. The van der Waals surface area contributed by atoms with Gasteiger partial charge in [-0.25, -0.2) is 0 Å². The van der Waals surface area contributed by atoms with Gasteiger partial charge >= 0.3 is 0 Å². The van der Waals surface area contributed by atoms with Gasteiger partial charge in [-0.05, 0) is 64.1 Å². The van der Waals surface area contributed by atoms with E-state index in [-0.39, 0.29) is 12.1 Å². The molecule has 196 valence electrons. The second-order valence-electron chi connectivity index (χ2n) is 10.2. The average molecular weight is 529 g/mol. The fourth-order valence-corrected chi connectivity index (χ4v) is 7.20. The molecule has 0 unspecified atom stereocenters. The van der Waals surface area contributed by atoms with Crippen molar-refractivity contribution in [3.05, 3.63) is 111 Å². The number of hydrogen-bond acceptors (Lipinski definition) is 7. The van der Waals surface area contributed by atoms with Crippen LogP contribution in [0.4, 0.5) is 28.4 Å². The molecule has 1 saturated heterocycles. The summed E-state index contributed by atoms with van der Waals surface area (Å²) in [6.07, 6.45) is 0. The smallest absolute Gasteiger partial charge is 0.253 e. The van der Waals surface area contributed by atoms with Crippen molar-refractivity contribution in [3.63, 3.8) is 0 Å². The molecular weight excluding hydrogens is 495 g/mol. The quantitative estimate of drug-likeness (QED) is 0.196. The van der Waals surface area contributed by atoms with Crippen LogP contribution < -0.4 is 30.8 Å². The number of benzene rings is 3. The lowest BCUT2D eigenvalue weighted by molar-refractivity contribution is 0.142. The predicted molar refractivity (Wildman–Crippen MR) is 158 cm³/mol. The molecule has 8 heteroatoms. The highest BCUT2D eigenvalue weighted by Gasteiger charge is 2.47. The van der Waals surface area contributed by atoms with Gasteiger partial charge in [0.25, 0.3) is 10.9 Å². The van der Waals surface area contributed by atoms with Gasteiger partial charge in [0.05, 0.1) is 17.7 Å². The molecule has 38 heavy (non-hydrogen) atoms. The normalized spacial score (nSPS) is 18.2. The molecule has 5 rings (SSSR count). The molecule has 0 saturated carbocycles. The zero-order valence-corrected chi connectivity index (χ0v) is 23.0. The molecule has 0 radical (unpaired) electrons. The van der Waals surface area contributed by atoms with Crippen LogP contribution in [-0.2, 0) is 4.52 Å². The molecule has 0 bridgehead atoms. The molecular formula is C30H33N4O3P. The molecule has 1 heterocycles. The molecule has 2 atom stereocenters. The first-order valence-electron chi connectivity index (χ1n) is 12.8. The van der Waals surface area contributed by atoms with Crippen molar-refractivity contribution >= 4 is 36.9 Å². The highest BCUT2D eigenvalue weighted by atomic mass is 31.2. The maximum Gasteiger partial charge on any atom is 0.253 e. The summed E-state index contributed by atoms with van der Waals surface area (Å²) >= 11 is 0. The highest BCUT2D eigenvalue weighted by Crippen LogP contribution is 2.60. The van der Waals surface area contributed by atoms with E-state index in [0.29, 0.717) is 17.9 Å². The van der Waals surface area contributed by atoms with Crippen LogP contribution in [0.15, 0.2) is 101 Å². The molecule has 0 amide bonds. The van der Waals surface area contributed by atoms with Gasteiger partial charge in [0.15, 0.2) is 0 Å². The molecule has 1 aliphatic rings. The Hall–Kier alpha value is -3.67. The van der Waals surface area contributed by atoms with Crippen LogP contribution in [0, 0.1) is 0 Å². The van der Waals surface area contributed by atoms with Gasteiger partial charge in [0.2, 0.25) is 8.45 Å². The first-order chi connectivity index (χ1) is 18.3. The maximum absolute atomic E-state index is 12.4. The maximum atomic E-state index is 12.4. The van der Waals surface area contributed by atoms with E-state index in [2.05, 4.69) is 58.1 Å². The van der Waals surface area contributed by atoms with E-state index in [1.165, 1.54) is 0 Å². The van der Waals surface area contributed by atoms with Gasteiger partial charge in [-0.3, -0.25) is 9.59 Å². The summed E-state index contributed by atoms with van der Waals surface area (Å²) in [6, 6.07) is 30.5. The summed E-state index contributed by atoms with van der Waals surface area (Å²) in [4.78, 5) is 24.7. The summed E-state index contributed by atoms with van der Waals surface area (Å²) in [6.45, 7) is 8.84. The van der Waals surface area contributed by atoms with Gasteiger partial charge in [-0.2, -0.15) is 0 Å². The van der Waals surface area contributed by atoms with Crippen molar-refractivity contribution in [2.45, 2.75) is 45.4 Å². The standard InChI is InChI=1S/C30H33N4O3P/c1-21-22(2)34(25-18-12-7-13-19-25)38(33(21)24-16-10-6-11-17-24)37-30(3,4)20-31-26-27(29(36)28(26)35)32-23-14-8-5-9-15-23/h5-19,21-22,31-32H,20H2,1-4H3/t21-,22-/m1/s1. The van der Waals surface area contributed by atoms with E-state index in [4.69, 9.17) is 4.52 Å². The molecule has 1 fully saturated rings. The zero-order valence-electron chi connectivity index (χ0n) is 22.1. The van der Waals surface area contributed by atoms with Crippen molar-refractivity contribution in [2.75, 3.05) is 26.5 Å². The molecule has 0 aliphatic carbocycles. The number of rotatable bonds is 9. The number of hydrogen-bond donors (Lipinski definition) is 2. The Kier molecular flexibility index (Phi) is 7.24. The van der Waals surface area contributed by atoms with Crippen LogP contribution in [-0.4, -0.2) is 24.2 Å². The van der Waals surface area contributed by atoms with Crippen molar-refractivity contribution < 1.29 is 4.52 Å². The van der Waals surface area contributed by atoms with Gasteiger partial charge in [0, 0.05) is 23.6 Å². The minimum absolute atomic E-state index is 0.211. The SMILES string of the molecule is C[C@@H]1[C@@H](C)N(c2ccccc2)P(OC(C)(C)CNc2c(Nc3ccccc3)c(=O)c2=O)N1c1ccccc1. The number of para-hydroxylation sites is 3. The summed E-state index contributed by atoms with van der Waals surface area (Å²) in [5.74, 6) is 0. The summed E-state index contributed by atoms with van der Waals surface area (Å²) in [7, 11) is -1.24. The van der Waals surface area contributed by atoms with Crippen LogP contribution in [0.2, 0.25) is 0 Å². The molecule has 4 aromatic rings. The highest BCUT2D eigenvalue weighted by molar-refractivity contribution is 7.56.